The molecule has 0 aliphatic carbocycles. The second-order valence-corrected chi connectivity index (χ2v) is 18.0. The Bertz CT molecular complexity index is 1100. The Morgan fingerprint density at radius 3 is 1.49 bits per heavy atom. The predicted molar refractivity (Wildman–Crippen MR) is 243 cm³/mol. The van der Waals surface area contributed by atoms with E-state index in [2.05, 4.69) is 26.0 Å². The van der Waals surface area contributed by atoms with Crippen molar-refractivity contribution in [1.82, 2.24) is 0 Å². The van der Waals surface area contributed by atoms with E-state index in [9.17, 15) is 40.5 Å². The van der Waals surface area contributed by atoms with Crippen molar-refractivity contribution < 1.29 is 69.0 Å². The van der Waals surface area contributed by atoms with Crippen molar-refractivity contribution in [3.8, 4) is 0 Å². The first-order chi connectivity index (χ1) is 30.6. The molecule has 2 rings (SSSR count). The summed E-state index contributed by atoms with van der Waals surface area (Å²) in [6.07, 6.45) is 21.3. The van der Waals surface area contributed by atoms with Crippen LogP contribution in [0.4, 0.5) is 0 Å². The number of carbonyl (C=O) groups is 1. The van der Waals surface area contributed by atoms with Gasteiger partial charge in [-0.15, -0.1) is 0 Å². The molecule has 11 atom stereocenters. The number of aliphatic hydroxyl groups is 7. The van der Waals surface area contributed by atoms with Crippen LogP contribution in [0.25, 0.3) is 0 Å². The summed E-state index contributed by atoms with van der Waals surface area (Å²) < 4.78 is 34.2. The van der Waals surface area contributed by atoms with Crippen molar-refractivity contribution in [2.75, 3.05) is 33.0 Å². The summed E-state index contributed by atoms with van der Waals surface area (Å²) >= 11 is 0. The quantitative estimate of drug-likeness (QED) is 0.0186. The Balaban J connectivity index is 1.76. The number of hydrogen-bond acceptors (Lipinski definition) is 14. The molecule has 7 N–H and O–H groups in total. The number of carbonyl (C=O) groups excluding carboxylic acids is 1. The number of unbranched alkanes of at least 4 members (excludes halogenated alkanes) is 24. The Morgan fingerprint density at radius 1 is 0.508 bits per heavy atom. The van der Waals surface area contributed by atoms with Gasteiger partial charge >= 0.3 is 5.97 Å². The maximum absolute atomic E-state index is 13.0. The summed E-state index contributed by atoms with van der Waals surface area (Å²) in [4.78, 5) is 13.0. The predicted octanol–water partition coefficient (Wildman–Crippen LogP) is 7.07. The summed E-state index contributed by atoms with van der Waals surface area (Å²) in [5.41, 5.74) is 0. The largest absolute Gasteiger partial charge is 0.457 e. The molecule has 0 radical (unpaired) electrons. The van der Waals surface area contributed by atoms with E-state index in [0.29, 0.717) is 13.0 Å². The molecule has 2 fully saturated rings. The molecule has 14 nitrogen and oxygen atoms in total. The van der Waals surface area contributed by atoms with Crippen LogP contribution in [0, 0.1) is 0 Å². The van der Waals surface area contributed by atoms with E-state index in [4.69, 9.17) is 28.4 Å². The molecule has 11 unspecified atom stereocenters. The zero-order chi connectivity index (χ0) is 45.9. The van der Waals surface area contributed by atoms with Crippen molar-refractivity contribution in [3.05, 3.63) is 12.2 Å². The number of aliphatic hydroxyl groups excluding tert-OH is 7. The highest BCUT2D eigenvalue weighted by molar-refractivity contribution is 5.69. The van der Waals surface area contributed by atoms with Crippen molar-refractivity contribution >= 4 is 5.97 Å². The fourth-order valence-electron chi connectivity index (χ4n) is 8.09. The minimum atomic E-state index is -1.70. The molecule has 0 spiro atoms. The highest BCUT2D eigenvalue weighted by Crippen LogP contribution is 2.26. The standard InChI is InChI=1S/C49H92O14/c1-3-5-7-9-11-13-15-17-18-19-20-21-22-24-26-28-30-32-41(51)61-38(35-58-33-31-29-27-25-23-16-14-12-10-8-6-4-2)36-59-48-47(57)45(55)43(53)40(63-48)37-60-49-46(56)44(54)42(52)39(34-50)62-49/h10,12,38-40,42-50,52-57H,3-9,11,13-37H2,1-2H3/b12-10-. The Labute approximate surface area is 380 Å². The first-order valence-corrected chi connectivity index (χ1v) is 25.3. The average Bonchev–Trinajstić information content (AvgIpc) is 3.28. The first kappa shape index (κ1) is 57.9. The maximum Gasteiger partial charge on any atom is 0.306 e. The molecule has 14 heteroatoms. The zero-order valence-corrected chi connectivity index (χ0v) is 39.3. The monoisotopic (exact) mass is 905 g/mol. The lowest BCUT2D eigenvalue weighted by Gasteiger charge is -2.42. The van der Waals surface area contributed by atoms with E-state index in [1.807, 2.05) is 0 Å². The van der Waals surface area contributed by atoms with Crippen molar-refractivity contribution in [2.45, 2.75) is 261 Å². The molecule has 2 saturated heterocycles. The van der Waals surface area contributed by atoms with Gasteiger partial charge in [0.2, 0.25) is 0 Å². The van der Waals surface area contributed by atoms with Gasteiger partial charge in [-0.1, -0.05) is 167 Å². The fraction of sp³-hybridized carbons (Fsp3) is 0.939. The average molecular weight is 905 g/mol. The minimum absolute atomic E-state index is 0.0623. The summed E-state index contributed by atoms with van der Waals surface area (Å²) in [6.45, 7) is 3.66. The summed E-state index contributed by atoms with van der Waals surface area (Å²) in [7, 11) is 0. The van der Waals surface area contributed by atoms with Crippen molar-refractivity contribution in [1.29, 1.82) is 0 Å². The van der Waals surface area contributed by atoms with E-state index < -0.39 is 80.7 Å². The third-order valence-electron chi connectivity index (χ3n) is 12.3. The highest BCUT2D eigenvalue weighted by Gasteiger charge is 2.47. The maximum atomic E-state index is 13.0. The van der Waals surface area contributed by atoms with Gasteiger partial charge in [0, 0.05) is 13.0 Å². The van der Waals surface area contributed by atoms with Gasteiger partial charge < -0.3 is 64.2 Å². The molecule has 0 aromatic heterocycles. The number of esters is 1. The summed E-state index contributed by atoms with van der Waals surface area (Å²) in [5, 5.41) is 72.0. The minimum Gasteiger partial charge on any atom is -0.457 e. The lowest BCUT2D eigenvalue weighted by atomic mass is 9.98. The van der Waals surface area contributed by atoms with Gasteiger partial charge in [0.25, 0.3) is 0 Å². The van der Waals surface area contributed by atoms with E-state index in [1.165, 1.54) is 122 Å². The summed E-state index contributed by atoms with van der Waals surface area (Å²) in [5.74, 6) is -0.375. The molecule has 0 bridgehead atoms. The van der Waals surface area contributed by atoms with Gasteiger partial charge in [-0.3, -0.25) is 4.79 Å². The van der Waals surface area contributed by atoms with Gasteiger partial charge in [-0.25, -0.2) is 0 Å². The van der Waals surface area contributed by atoms with Gasteiger partial charge in [-0.05, 0) is 32.1 Å². The van der Waals surface area contributed by atoms with E-state index >= 15 is 0 Å². The van der Waals surface area contributed by atoms with Crippen LogP contribution in [0.3, 0.4) is 0 Å². The third-order valence-corrected chi connectivity index (χ3v) is 12.3. The van der Waals surface area contributed by atoms with Crippen LogP contribution in [0.1, 0.15) is 194 Å². The molecule has 372 valence electrons. The van der Waals surface area contributed by atoms with Gasteiger partial charge in [-0.2, -0.15) is 0 Å². The molecular formula is C49H92O14. The summed E-state index contributed by atoms with van der Waals surface area (Å²) in [6, 6.07) is 0. The molecule has 2 aliphatic rings. The Morgan fingerprint density at radius 2 is 0.952 bits per heavy atom. The second kappa shape index (κ2) is 37.8. The van der Waals surface area contributed by atoms with Crippen molar-refractivity contribution in [3.63, 3.8) is 0 Å². The third kappa shape index (κ3) is 26.0. The number of allylic oxidation sites excluding steroid dienone is 2. The second-order valence-electron chi connectivity index (χ2n) is 18.0. The van der Waals surface area contributed by atoms with Crippen LogP contribution in [0.2, 0.25) is 0 Å². The number of hydrogen-bond donors (Lipinski definition) is 7. The van der Waals surface area contributed by atoms with Crippen LogP contribution >= 0.6 is 0 Å². The molecule has 2 aliphatic heterocycles. The van der Waals surface area contributed by atoms with Gasteiger partial charge in [0.15, 0.2) is 12.6 Å². The van der Waals surface area contributed by atoms with E-state index in [0.717, 1.165) is 44.9 Å². The lowest BCUT2D eigenvalue weighted by Crippen LogP contribution is -2.61. The Hall–Kier alpha value is -1.27. The molecule has 2 heterocycles. The Kier molecular flexibility index (Phi) is 34.7. The van der Waals surface area contributed by atoms with Gasteiger partial charge in [0.05, 0.1) is 26.4 Å². The van der Waals surface area contributed by atoms with E-state index in [1.54, 1.807) is 0 Å². The fourth-order valence-corrected chi connectivity index (χ4v) is 8.09. The first-order valence-electron chi connectivity index (χ1n) is 25.3. The smallest absolute Gasteiger partial charge is 0.306 e. The van der Waals surface area contributed by atoms with Crippen LogP contribution in [0.15, 0.2) is 12.2 Å². The topological polar surface area (TPSA) is 214 Å². The molecule has 0 amide bonds. The van der Waals surface area contributed by atoms with Crippen LogP contribution < -0.4 is 0 Å². The van der Waals surface area contributed by atoms with Crippen LogP contribution in [-0.4, -0.2) is 142 Å². The molecule has 63 heavy (non-hydrogen) atoms. The van der Waals surface area contributed by atoms with Crippen LogP contribution in [0.5, 0.6) is 0 Å². The van der Waals surface area contributed by atoms with Crippen LogP contribution in [-0.2, 0) is 33.2 Å². The zero-order valence-electron chi connectivity index (χ0n) is 39.3. The SMILES string of the molecule is CCCC/C=C\CCCCCCCCOCC(COC1OC(COC2OC(CO)C(O)C(O)C2O)C(O)C(O)C1O)OC(=O)CCCCCCCCCCCCCCCCCCC. The molecule has 0 aromatic rings. The van der Waals surface area contributed by atoms with Gasteiger partial charge in [0.1, 0.15) is 54.9 Å². The normalized spacial score (nSPS) is 27.0. The van der Waals surface area contributed by atoms with E-state index in [-0.39, 0.29) is 25.6 Å². The number of rotatable bonds is 40. The lowest BCUT2D eigenvalue weighted by molar-refractivity contribution is -0.332. The molecule has 0 saturated carbocycles. The van der Waals surface area contributed by atoms with Crippen molar-refractivity contribution in [2.24, 2.45) is 0 Å². The number of ether oxygens (including phenoxy) is 6. The molecular weight excluding hydrogens is 813 g/mol. The highest BCUT2D eigenvalue weighted by atomic mass is 16.7. The molecule has 0 aromatic carbocycles.